The molecule has 2 heterocycles. The van der Waals surface area contributed by atoms with Crippen LogP contribution in [0.1, 0.15) is 17.5 Å². The molecular formula is C19H28N4O. The summed E-state index contributed by atoms with van der Waals surface area (Å²) in [5.74, 6) is 0.950. The first-order valence-electron chi connectivity index (χ1n) is 8.77. The first-order valence-corrected chi connectivity index (χ1v) is 8.77. The monoisotopic (exact) mass is 328 g/mol. The Hall–Kier alpha value is -1.85. The highest BCUT2D eigenvalue weighted by atomic mass is 16.5. The SMILES string of the molecule is COc1ccc(CCCN2CCN(C)CC2)cc1Cn1ccnc1. The summed E-state index contributed by atoms with van der Waals surface area (Å²) in [7, 11) is 3.94. The lowest BCUT2D eigenvalue weighted by molar-refractivity contribution is 0.153. The maximum absolute atomic E-state index is 5.51. The van der Waals surface area contributed by atoms with Crippen molar-refractivity contribution >= 4 is 0 Å². The predicted molar refractivity (Wildman–Crippen MR) is 96.6 cm³/mol. The number of rotatable bonds is 7. The molecule has 0 amide bonds. The molecule has 0 N–H and O–H groups in total. The molecular weight excluding hydrogens is 300 g/mol. The fourth-order valence-electron chi connectivity index (χ4n) is 3.27. The van der Waals surface area contributed by atoms with Gasteiger partial charge in [0.25, 0.3) is 0 Å². The van der Waals surface area contributed by atoms with Crippen LogP contribution in [-0.2, 0) is 13.0 Å². The van der Waals surface area contributed by atoms with E-state index in [1.165, 1.54) is 50.3 Å². The van der Waals surface area contributed by atoms with Crippen LogP contribution >= 0.6 is 0 Å². The van der Waals surface area contributed by atoms with Crippen molar-refractivity contribution in [3.8, 4) is 5.75 Å². The van der Waals surface area contributed by atoms with E-state index >= 15 is 0 Å². The number of benzene rings is 1. The Labute approximate surface area is 144 Å². The highest BCUT2D eigenvalue weighted by Gasteiger charge is 2.13. The van der Waals surface area contributed by atoms with Gasteiger partial charge in [0.1, 0.15) is 5.75 Å². The van der Waals surface area contributed by atoms with Crippen LogP contribution in [0.5, 0.6) is 5.75 Å². The van der Waals surface area contributed by atoms with Crippen molar-refractivity contribution in [1.29, 1.82) is 0 Å². The topological polar surface area (TPSA) is 33.5 Å². The summed E-state index contributed by atoms with van der Waals surface area (Å²) in [5, 5.41) is 0. The minimum Gasteiger partial charge on any atom is -0.496 e. The third-order valence-corrected chi connectivity index (χ3v) is 4.79. The second-order valence-corrected chi connectivity index (χ2v) is 6.63. The molecule has 1 aromatic carbocycles. The molecule has 1 aliphatic heterocycles. The minimum absolute atomic E-state index is 0.801. The molecule has 130 valence electrons. The lowest BCUT2D eigenvalue weighted by atomic mass is 10.0. The van der Waals surface area contributed by atoms with Gasteiger partial charge in [-0.15, -0.1) is 0 Å². The van der Waals surface area contributed by atoms with Crippen LogP contribution in [0, 0.1) is 0 Å². The van der Waals surface area contributed by atoms with E-state index in [2.05, 4.69) is 44.6 Å². The summed E-state index contributed by atoms with van der Waals surface area (Å²) >= 11 is 0. The summed E-state index contributed by atoms with van der Waals surface area (Å²) in [4.78, 5) is 9.10. The number of imidazole rings is 1. The molecule has 5 nitrogen and oxygen atoms in total. The van der Waals surface area contributed by atoms with Gasteiger partial charge in [-0.3, -0.25) is 0 Å². The Balaban J connectivity index is 1.55. The molecule has 1 saturated heterocycles. The van der Waals surface area contributed by atoms with Crippen LogP contribution < -0.4 is 4.74 Å². The smallest absolute Gasteiger partial charge is 0.123 e. The van der Waals surface area contributed by atoms with Crippen LogP contribution in [0.3, 0.4) is 0 Å². The summed E-state index contributed by atoms with van der Waals surface area (Å²) < 4.78 is 7.59. The van der Waals surface area contributed by atoms with E-state index in [4.69, 9.17) is 4.74 Å². The minimum atomic E-state index is 0.801. The second kappa shape index (κ2) is 8.31. The quantitative estimate of drug-likeness (QED) is 0.780. The van der Waals surface area contributed by atoms with Gasteiger partial charge in [-0.25, -0.2) is 4.98 Å². The highest BCUT2D eigenvalue weighted by Crippen LogP contribution is 2.22. The molecule has 0 aliphatic carbocycles. The standard InChI is InChI=1S/C19H28N4O/c1-21-10-12-22(13-11-21)8-3-4-17-5-6-19(24-2)18(14-17)15-23-9-7-20-16-23/h5-7,9,14,16H,3-4,8,10-13,15H2,1-2H3. The average Bonchev–Trinajstić information content (AvgIpc) is 3.10. The van der Waals surface area contributed by atoms with Gasteiger partial charge in [0.05, 0.1) is 20.0 Å². The Kier molecular flexibility index (Phi) is 5.88. The van der Waals surface area contributed by atoms with Crippen molar-refractivity contribution in [3.05, 3.63) is 48.0 Å². The van der Waals surface area contributed by atoms with Gasteiger partial charge in [0.15, 0.2) is 0 Å². The van der Waals surface area contributed by atoms with E-state index < -0.39 is 0 Å². The highest BCUT2D eigenvalue weighted by molar-refractivity contribution is 5.37. The fraction of sp³-hybridized carbons (Fsp3) is 0.526. The molecule has 1 aliphatic rings. The fourth-order valence-corrected chi connectivity index (χ4v) is 3.27. The first-order chi connectivity index (χ1) is 11.7. The number of methoxy groups -OCH3 is 1. The molecule has 0 saturated carbocycles. The predicted octanol–water partition coefficient (Wildman–Crippen LogP) is 2.12. The molecule has 0 unspecified atom stereocenters. The second-order valence-electron chi connectivity index (χ2n) is 6.63. The number of likely N-dealkylation sites (N-methyl/N-ethyl adjacent to an activating group) is 1. The van der Waals surface area contributed by atoms with Crippen LogP contribution in [0.25, 0.3) is 0 Å². The molecule has 0 spiro atoms. The molecule has 0 atom stereocenters. The molecule has 0 bridgehead atoms. The van der Waals surface area contributed by atoms with Crippen molar-refractivity contribution in [1.82, 2.24) is 19.4 Å². The van der Waals surface area contributed by atoms with Crippen LogP contribution in [-0.4, -0.2) is 66.2 Å². The Morgan fingerprint density at radius 2 is 2.00 bits per heavy atom. The average molecular weight is 328 g/mol. The number of aromatic nitrogens is 2. The molecule has 1 fully saturated rings. The van der Waals surface area contributed by atoms with Gasteiger partial charge in [-0.2, -0.15) is 0 Å². The zero-order chi connectivity index (χ0) is 16.8. The van der Waals surface area contributed by atoms with Crippen LogP contribution in [0.2, 0.25) is 0 Å². The van der Waals surface area contributed by atoms with Crippen molar-refractivity contribution in [2.45, 2.75) is 19.4 Å². The van der Waals surface area contributed by atoms with Crippen molar-refractivity contribution in [2.75, 3.05) is 46.9 Å². The zero-order valence-corrected chi connectivity index (χ0v) is 14.8. The van der Waals surface area contributed by atoms with Crippen LogP contribution in [0.4, 0.5) is 0 Å². The third kappa shape index (κ3) is 4.58. The van der Waals surface area contributed by atoms with E-state index in [0.717, 1.165) is 18.7 Å². The number of hydrogen-bond donors (Lipinski definition) is 0. The molecule has 5 heteroatoms. The van der Waals surface area contributed by atoms with Gasteiger partial charge < -0.3 is 19.1 Å². The molecule has 24 heavy (non-hydrogen) atoms. The summed E-state index contributed by atoms with van der Waals surface area (Å²) in [6, 6.07) is 6.57. The molecule has 0 radical (unpaired) electrons. The summed E-state index contributed by atoms with van der Waals surface area (Å²) in [6.07, 6.45) is 7.97. The number of aryl methyl sites for hydroxylation is 1. The summed E-state index contributed by atoms with van der Waals surface area (Å²) in [5.41, 5.74) is 2.60. The molecule has 3 rings (SSSR count). The maximum atomic E-state index is 5.51. The van der Waals surface area contributed by atoms with E-state index in [1.807, 2.05) is 18.7 Å². The van der Waals surface area contributed by atoms with E-state index in [1.54, 1.807) is 7.11 Å². The number of piperazine rings is 1. The summed E-state index contributed by atoms with van der Waals surface area (Å²) in [6.45, 7) is 6.78. The number of hydrogen-bond acceptors (Lipinski definition) is 4. The Morgan fingerprint density at radius 1 is 1.17 bits per heavy atom. The van der Waals surface area contributed by atoms with Gasteiger partial charge in [0.2, 0.25) is 0 Å². The van der Waals surface area contributed by atoms with E-state index in [0.29, 0.717) is 0 Å². The lowest BCUT2D eigenvalue weighted by Gasteiger charge is -2.32. The van der Waals surface area contributed by atoms with Crippen molar-refractivity contribution in [3.63, 3.8) is 0 Å². The van der Waals surface area contributed by atoms with E-state index in [9.17, 15) is 0 Å². The molecule has 1 aromatic heterocycles. The van der Waals surface area contributed by atoms with Gasteiger partial charge in [-0.05, 0) is 38.1 Å². The van der Waals surface area contributed by atoms with Gasteiger partial charge >= 0.3 is 0 Å². The van der Waals surface area contributed by atoms with Crippen LogP contribution in [0.15, 0.2) is 36.9 Å². The lowest BCUT2D eigenvalue weighted by Crippen LogP contribution is -2.44. The maximum Gasteiger partial charge on any atom is 0.123 e. The zero-order valence-electron chi connectivity index (χ0n) is 14.8. The van der Waals surface area contributed by atoms with Gasteiger partial charge in [0, 0.05) is 44.1 Å². The van der Waals surface area contributed by atoms with E-state index in [-0.39, 0.29) is 0 Å². The Morgan fingerprint density at radius 3 is 2.71 bits per heavy atom. The Bertz CT molecular complexity index is 618. The third-order valence-electron chi connectivity index (χ3n) is 4.79. The van der Waals surface area contributed by atoms with Gasteiger partial charge in [-0.1, -0.05) is 12.1 Å². The molecule has 2 aromatic rings. The number of nitrogens with zero attached hydrogens (tertiary/aromatic N) is 4. The largest absolute Gasteiger partial charge is 0.496 e. The van der Waals surface area contributed by atoms with Crippen molar-refractivity contribution < 1.29 is 4.74 Å². The normalized spacial score (nSPS) is 16.4. The number of ether oxygens (including phenoxy) is 1. The van der Waals surface area contributed by atoms with Crippen molar-refractivity contribution in [2.24, 2.45) is 0 Å². The first kappa shape index (κ1) is 17.0.